The SMILES string of the molecule is CC1CN(CCNCc2ccccc2)CCCO1. The number of nitrogens with zero attached hydrogens (tertiary/aromatic N) is 1. The fourth-order valence-corrected chi connectivity index (χ4v) is 2.35. The van der Waals surface area contributed by atoms with Gasteiger partial charge in [-0.15, -0.1) is 0 Å². The summed E-state index contributed by atoms with van der Waals surface area (Å²) in [5.41, 5.74) is 1.35. The first kappa shape index (κ1) is 13.5. The van der Waals surface area contributed by atoms with Crippen molar-refractivity contribution in [3.8, 4) is 0 Å². The van der Waals surface area contributed by atoms with E-state index in [0.717, 1.165) is 45.8 Å². The molecule has 0 bridgehead atoms. The van der Waals surface area contributed by atoms with E-state index >= 15 is 0 Å². The van der Waals surface area contributed by atoms with Gasteiger partial charge >= 0.3 is 0 Å². The molecule has 1 aliphatic heterocycles. The summed E-state index contributed by atoms with van der Waals surface area (Å²) in [5.74, 6) is 0. The highest BCUT2D eigenvalue weighted by molar-refractivity contribution is 5.14. The molecule has 1 heterocycles. The highest BCUT2D eigenvalue weighted by Crippen LogP contribution is 2.04. The first-order valence-corrected chi connectivity index (χ1v) is 6.93. The van der Waals surface area contributed by atoms with E-state index in [1.807, 2.05) is 0 Å². The average Bonchev–Trinajstić information content (AvgIpc) is 2.60. The van der Waals surface area contributed by atoms with Crippen LogP contribution in [0.5, 0.6) is 0 Å². The summed E-state index contributed by atoms with van der Waals surface area (Å²) in [7, 11) is 0. The summed E-state index contributed by atoms with van der Waals surface area (Å²) in [6.07, 6.45) is 1.53. The average molecular weight is 248 g/mol. The van der Waals surface area contributed by atoms with E-state index in [9.17, 15) is 0 Å². The molecule has 0 amide bonds. The molecule has 2 rings (SSSR count). The molecule has 1 aromatic rings. The van der Waals surface area contributed by atoms with E-state index in [0.29, 0.717) is 6.10 Å². The molecule has 0 spiro atoms. The van der Waals surface area contributed by atoms with Crippen LogP contribution in [0.3, 0.4) is 0 Å². The van der Waals surface area contributed by atoms with Gasteiger partial charge < -0.3 is 10.1 Å². The fraction of sp³-hybridized carbons (Fsp3) is 0.600. The van der Waals surface area contributed by atoms with Gasteiger partial charge in [-0.1, -0.05) is 30.3 Å². The lowest BCUT2D eigenvalue weighted by atomic mass is 10.2. The molecule has 0 saturated carbocycles. The summed E-state index contributed by atoms with van der Waals surface area (Å²) < 4.78 is 5.65. The molecule has 1 aromatic carbocycles. The molecule has 1 unspecified atom stereocenters. The van der Waals surface area contributed by atoms with Crippen LogP contribution < -0.4 is 5.32 Å². The Labute approximate surface area is 110 Å². The molecule has 1 saturated heterocycles. The molecule has 0 aliphatic carbocycles. The Balaban J connectivity index is 1.63. The standard InChI is InChI=1S/C15H24N2O/c1-14-13-17(9-5-11-18-14)10-8-16-12-15-6-3-2-4-7-15/h2-4,6-7,14,16H,5,8-13H2,1H3. The van der Waals surface area contributed by atoms with Crippen molar-refractivity contribution in [2.24, 2.45) is 0 Å². The normalized spacial score (nSPS) is 21.7. The van der Waals surface area contributed by atoms with Gasteiger partial charge in [-0.3, -0.25) is 4.90 Å². The van der Waals surface area contributed by atoms with E-state index < -0.39 is 0 Å². The van der Waals surface area contributed by atoms with Gasteiger partial charge in [0.15, 0.2) is 0 Å². The quantitative estimate of drug-likeness (QED) is 0.805. The van der Waals surface area contributed by atoms with Crippen molar-refractivity contribution in [2.75, 3.05) is 32.8 Å². The number of nitrogens with one attached hydrogen (secondary N) is 1. The van der Waals surface area contributed by atoms with Gasteiger partial charge in [0.2, 0.25) is 0 Å². The third-order valence-corrected chi connectivity index (χ3v) is 3.31. The molecule has 1 N–H and O–H groups in total. The smallest absolute Gasteiger partial charge is 0.0673 e. The van der Waals surface area contributed by atoms with Gasteiger partial charge in [0, 0.05) is 39.3 Å². The molecule has 0 aromatic heterocycles. The van der Waals surface area contributed by atoms with Crippen molar-refractivity contribution in [2.45, 2.75) is 26.0 Å². The minimum atomic E-state index is 0.377. The Bertz CT molecular complexity index is 329. The van der Waals surface area contributed by atoms with Crippen LogP contribution in [-0.2, 0) is 11.3 Å². The Morgan fingerprint density at radius 3 is 3.00 bits per heavy atom. The second kappa shape index (κ2) is 7.52. The topological polar surface area (TPSA) is 24.5 Å². The van der Waals surface area contributed by atoms with E-state index in [2.05, 4.69) is 47.5 Å². The second-order valence-corrected chi connectivity index (χ2v) is 5.00. The maximum absolute atomic E-state index is 5.65. The summed E-state index contributed by atoms with van der Waals surface area (Å²) in [6.45, 7) is 8.41. The van der Waals surface area contributed by atoms with E-state index in [-0.39, 0.29) is 0 Å². The number of ether oxygens (including phenoxy) is 1. The highest BCUT2D eigenvalue weighted by Gasteiger charge is 2.13. The molecule has 0 radical (unpaired) electrons. The van der Waals surface area contributed by atoms with Gasteiger partial charge in [-0.25, -0.2) is 0 Å². The van der Waals surface area contributed by atoms with Crippen LogP contribution >= 0.6 is 0 Å². The van der Waals surface area contributed by atoms with Crippen LogP contribution in [0.1, 0.15) is 18.9 Å². The van der Waals surface area contributed by atoms with Crippen LogP contribution in [0, 0.1) is 0 Å². The van der Waals surface area contributed by atoms with Gasteiger partial charge in [-0.2, -0.15) is 0 Å². The number of hydrogen-bond donors (Lipinski definition) is 1. The zero-order valence-corrected chi connectivity index (χ0v) is 11.3. The number of hydrogen-bond acceptors (Lipinski definition) is 3. The lowest BCUT2D eigenvalue weighted by Crippen LogP contribution is -2.35. The molecule has 1 aliphatic rings. The van der Waals surface area contributed by atoms with Gasteiger partial charge in [0.05, 0.1) is 6.10 Å². The molecule has 18 heavy (non-hydrogen) atoms. The number of rotatable bonds is 5. The minimum absolute atomic E-state index is 0.377. The first-order valence-electron chi connectivity index (χ1n) is 6.93. The molecular weight excluding hydrogens is 224 g/mol. The Morgan fingerprint density at radius 1 is 1.33 bits per heavy atom. The van der Waals surface area contributed by atoms with Gasteiger partial charge in [0.25, 0.3) is 0 Å². The molecule has 1 fully saturated rings. The maximum atomic E-state index is 5.65. The van der Waals surface area contributed by atoms with Crippen molar-refractivity contribution in [1.29, 1.82) is 0 Å². The summed E-state index contributed by atoms with van der Waals surface area (Å²) >= 11 is 0. The fourth-order valence-electron chi connectivity index (χ4n) is 2.35. The zero-order chi connectivity index (χ0) is 12.6. The lowest BCUT2D eigenvalue weighted by molar-refractivity contribution is 0.0679. The van der Waals surface area contributed by atoms with E-state index in [4.69, 9.17) is 4.74 Å². The van der Waals surface area contributed by atoms with Crippen LogP contribution in [0.25, 0.3) is 0 Å². The monoisotopic (exact) mass is 248 g/mol. The highest BCUT2D eigenvalue weighted by atomic mass is 16.5. The summed E-state index contributed by atoms with van der Waals surface area (Å²) in [4.78, 5) is 2.50. The molecule has 3 heteroatoms. The van der Waals surface area contributed by atoms with Crippen LogP contribution in [0.15, 0.2) is 30.3 Å². The lowest BCUT2D eigenvalue weighted by Gasteiger charge is -2.21. The van der Waals surface area contributed by atoms with Crippen LogP contribution in [0.4, 0.5) is 0 Å². The zero-order valence-electron chi connectivity index (χ0n) is 11.3. The van der Waals surface area contributed by atoms with Crippen molar-refractivity contribution < 1.29 is 4.74 Å². The van der Waals surface area contributed by atoms with Gasteiger partial charge in [0.1, 0.15) is 0 Å². The predicted octanol–water partition coefficient (Wildman–Crippen LogP) is 1.89. The molecule has 100 valence electrons. The van der Waals surface area contributed by atoms with E-state index in [1.165, 1.54) is 5.56 Å². The molecular formula is C15H24N2O. The molecule has 3 nitrogen and oxygen atoms in total. The van der Waals surface area contributed by atoms with E-state index in [1.54, 1.807) is 0 Å². The minimum Gasteiger partial charge on any atom is -0.377 e. The van der Waals surface area contributed by atoms with Crippen molar-refractivity contribution >= 4 is 0 Å². The third kappa shape index (κ3) is 4.77. The third-order valence-electron chi connectivity index (χ3n) is 3.31. The Hall–Kier alpha value is -0.900. The van der Waals surface area contributed by atoms with Crippen molar-refractivity contribution in [3.63, 3.8) is 0 Å². The molecule has 1 atom stereocenters. The largest absolute Gasteiger partial charge is 0.377 e. The van der Waals surface area contributed by atoms with Crippen molar-refractivity contribution in [1.82, 2.24) is 10.2 Å². The van der Waals surface area contributed by atoms with Gasteiger partial charge in [-0.05, 0) is 18.9 Å². The van der Waals surface area contributed by atoms with Crippen molar-refractivity contribution in [3.05, 3.63) is 35.9 Å². The maximum Gasteiger partial charge on any atom is 0.0673 e. The summed E-state index contributed by atoms with van der Waals surface area (Å²) in [6, 6.07) is 10.6. The first-order chi connectivity index (χ1) is 8.84. The van der Waals surface area contributed by atoms with Crippen LogP contribution in [-0.4, -0.2) is 43.8 Å². The number of benzene rings is 1. The summed E-state index contributed by atoms with van der Waals surface area (Å²) in [5, 5.41) is 3.50. The van der Waals surface area contributed by atoms with Crippen LogP contribution in [0.2, 0.25) is 0 Å². The Morgan fingerprint density at radius 2 is 2.17 bits per heavy atom. The predicted molar refractivity (Wildman–Crippen MR) is 74.6 cm³/mol. The second-order valence-electron chi connectivity index (χ2n) is 5.00. The Kier molecular flexibility index (Phi) is 5.65.